The van der Waals surface area contributed by atoms with Gasteiger partial charge in [-0.1, -0.05) is 0 Å². The van der Waals surface area contributed by atoms with Crippen LogP contribution >= 0.6 is 24.0 Å². The van der Waals surface area contributed by atoms with Crippen LogP contribution in [0.25, 0.3) is 0 Å². The largest absolute Gasteiger partial charge is 0.385 e. The van der Waals surface area contributed by atoms with Gasteiger partial charge in [-0.25, -0.2) is 0 Å². The monoisotopic (exact) mass is 386 g/mol. The normalized spacial score (nSPS) is 10.6. The lowest BCUT2D eigenvalue weighted by molar-refractivity contribution is -0.128. The minimum Gasteiger partial charge on any atom is -0.385 e. The molecule has 0 rings (SSSR count). The van der Waals surface area contributed by atoms with Crippen LogP contribution in [0.1, 0.15) is 19.8 Å². The number of amides is 1. The van der Waals surface area contributed by atoms with Gasteiger partial charge in [0.15, 0.2) is 5.96 Å². The van der Waals surface area contributed by atoms with E-state index < -0.39 is 0 Å². The second-order valence-corrected chi connectivity index (χ2v) is 4.07. The van der Waals surface area contributed by atoms with Crippen molar-refractivity contribution in [3.8, 4) is 0 Å². The highest BCUT2D eigenvalue weighted by atomic mass is 127. The molecule has 6 nitrogen and oxygen atoms in total. The van der Waals surface area contributed by atoms with Crippen molar-refractivity contribution < 1.29 is 9.53 Å². The van der Waals surface area contributed by atoms with Crippen LogP contribution in [0.3, 0.4) is 0 Å². The molecule has 0 aromatic heterocycles. The standard InChI is InChI=1S/C12H26N4O2.HI/c1-5-13-12(14-8-6-10-18-4)15-9-7-11(17)16(2)3;/h5-10H2,1-4H3,(H2,13,14,15);1H. The van der Waals surface area contributed by atoms with Gasteiger partial charge in [-0.3, -0.25) is 9.79 Å². The summed E-state index contributed by atoms with van der Waals surface area (Å²) < 4.78 is 4.96. The van der Waals surface area contributed by atoms with Crippen LogP contribution in [-0.2, 0) is 9.53 Å². The predicted molar refractivity (Wildman–Crippen MR) is 89.2 cm³/mol. The summed E-state index contributed by atoms with van der Waals surface area (Å²) in [5, 5.41) is 6.27. The molecule has 19 heavy (non-hydrogen) atoms. The van der Waals surface area contributed by atoms with Crippen molar-refractivity contribution in [1.29, 1.82) is 0 Å². The lowest BCUT2D eigenvalue weighted by atomic mass is 10.4. The lowest BCUT2D eigenvalue weighted by Crippen LogP contribution is -2.39. The van der Waals surface area contributed by atoms with Crippen molar-refractivity contribution in [3.05, 3.63) is 0 Å². The zero-order chi connectivity index (χ0) is 13.8. The van der Waals surface area contributed by atoms with Crippen LogP contribution in [0.2, 0.25) is 0 Å². The number of methoxy groups -OCH3 is 1. The van der Waals surface area contributed by atoms with Crippen molar-refractivity contribution in [3.63, 3.8) is 0 Å². The number of ether oxygens (including phenoxy) is 1. The van der Waals surface area contributed by atoms with E-state index in [9.17, 15) is 4.79 Å². The minimum atomic E-state index is 0. The van der Waals surface area contributed by atoms with Gasteiger partial charge in [-0.05, 0) is 13.3 Å². The molecule has 0 radical (unpaired) electrons. The van der Waals surface area contributed by atoms with Gasteiger partial charge < -0.3 is 20.3 Å². The maximum absolute atomic E-state index is 11.4. The van der Waals surface area contributed by atoms with E-state index in [0.29, 0.717) is 26.1 Å². The Balaban J connectivity index is 0. The molecule has 7 heteroatoms. The number of halogens is 1. The summed E-state index contributed by atoms with van der Waals surface area (Å²) in [7, 11) is 5.19. The van der Waals surface area contributed by atoms with Crippen molar-refractivity contribution in [2.45, 2.75) is 19.8 Å². The summed E-state index contributed by atoms with van der Waals surface area (Å²) in [5.41, 5.74) is 0. The molecule has 0 spiro atoms. The summed E-state index contributed by atoms with van der Waals surface area (Å²) >= 11 is 0. The fraction of sp³-hybridized carbons (Fsp3) is 0.833. The molecule has 0 aromatic carbocycles. The highest BCUT2D eigenvalue weighted by molar-refractivity contribution is 14.0. The number of aliphatic imine (C=N–C) groups is 1. The zero-order valence-electron chi connectivity index (χ0n) is 12.4. The Kier molecular flexibility index (Phi) is 15.1. The van der Waals surface area contributed by atoms with E-state index in [-0.39, 0.29) is 29.9 Å². The Labute approximate surface area is 133 Å². The Morgan fingerprint density at radius 3 is 2.53 bits per heavy atom. The second kappa shape index (κ2) is 13.9. The summed E-state index contributed by atoms with van der Waals surface area (Å²) in [4.78, 5) is 17.4. The quantitative estimate of drug-likeness (QED) is 0.279. The van der Waals surface area contributed by atoms with Gasteiger partial charge in [0, 0.05) is 53.9 Å². The molecule has 0 aliphatic heterocycles. The van der Waals surface area contributed by atoms with Crippen molar-refractivity contribution in [2.75, 3.05) is 47.4 Å². The van der Waals surface area contributed by atoms with E-state index >= 15 is 0 Å². The molecule has 0 saturated carbocycles. The van der Waals surface area contributed by atoms with Gasteiger partial charge in [0.05, 0.1) is 0 Å². The smallest absolute Gasteiger partial charge is 0.223 e. The number of rotatable bonds is 8. The van der Waals surface area contributed by atoms with Gasteiger partial charge in [0.25, 0.3) is 0 Å². The number of carbonyl (C=O) groups excluding carboxylic acids is 1. The topological polar surface area (TPSA) is 66.0 Å². The van der Waals surface area contributed by atoms with E-state index in [2.05, 4.69) is 15.6 Å². The number of nitrogens with one attached hydrogen (secondary N) is 2. The SMILES string of the molecule is CCNC(=NCCCOC)NCCC(=O)N(C)C.I. The van der Waals surface area contributed by atoms with E-state index in [1.807, 2.05) is 6.92 Å². The fourth-order valence-electron chi connectivity index (χ4n) is 1.25. The molecule has 1 amide bonds. The van der Waals surface area contributed by atoms with Crippen LogP contribution in [0.15, 0.2) is 4.99 Å². The van der Waals surface area contributed by atoms with Crippen LogP contribution in [0.4, 0.5) is 0 Å². The molecular formula is C12H27IN4O2. The van der Waals surface area contributed by atoms with Crippen molar-refractivity contribution >= 4 is 35.8 Å². The number of carbonyl (C=O) groups is 1. The highest BCUT2D eigenvalue weighted by Gasteiger charge is 2.03. The Hall–Kier alpha value is -0.570. The molecule has 0 fully saturated rings. The number of hydrogen-bond acceptors (Lipinski definition) is 3. The first kappa shape index (κ1) is 20.7. The number of nitrogens with zero attached hydrogens (tertiary/aromatic N) is 2. The van der Waals surface area contributed by atoms with E-state index in [1.54, 1.807) is 26.1 Å². The van der Waals surface area contributed by atoms with Crippen LogP contribution < -0.4 is 10.6 Å². The minimum absolute atomic E-state index is 0. The molecule has 0 heterocycles. The molecule has 0 atom stereocenters. The number of guanidine groups is 1. The Morgan fingerprint density at radius 2 is 2.00 bits per heavy atom. The third-order valence-corrected chi connectivity index (χ3v) is 2.25. The third-order valence-electron chi connectivity index (χ3n) is 2.25. The summed E-state index contributed by atoms with van der Waals surface area (Å²) in [6, 6.07) is 0. The van der Waals surface area contributed by atoms with Gasteiger partial charge in [0.2, 0.25) is 5.91 Å². The van der Waals surface area contributed by atoms with Crippen LogP contribution in [-0.4, -0.2) is 64.2 Å². The summed E-state index contributed by atoms with van der Waals surface area (Å²) in [6.45, 7) is 4.83. The van der Waals surface area contributed by atoms with E-state index in [1.165, 1.54) is 0 Å². The maximum atomic E-state index is 11.4. The van der Waals surface area contributed by atoms with Gasteiger partial charge >= 0.3 is 0 Å². The molecule has 0 aliphatic rings. The molecule has 2 N–H and O–H groups in total. The first-order valence-electron chi connectivity index (χ1n) is 6.33. The van der Waals surface area contributed by atoms with Crippen molar-refractivity contribution in [1.82, 2.24) is 15.5 Å². The first-order chi connectivity index (χ1) is 8.61. The maximum Gasteiger partial charge on any atom is 0.223 e. The highest BCUT2D eigenvalue weighted by Crippen LogP contribution is 1.86. The molecule has 0 unspecified atom stereocenters. The molecular weight excluding hydrogens is 359 g/mol. The van der Waals surface area contributed by atoms with E-state index in [0.717, 1.165) is 18.9 Å². The Morgan fingerprint density at radius 1 is 1.32 bits per heavy atom. The molecule has 0 aromatic rings. The van der Waals surface area contributed by atoms with Gasteiger partial charge in [-0.15, -0.1) is 24.0 Å². The average Bonchev–Trinajstić information content (AvgIpc) is 2.34. The molecule has 0 saturated heterocycles. The van der Waals surface area contributed by atoms with Crippen LogP contribution in [0, 0.1) is 0 Å². The zero-order valence-corrected chi connectivity index (χ0v) is 14.7. The molecule has 114 valence electrons. The average molecular weight is 386 g/mol. The van der Waals surface area contributed by atoms with Crippen molar-refractivity contribution in [2.24, 2.45) is 4.99 Å². The molecule has 0 bridgehead atoms. The van der Waals surface area contributed by atoms with E-state index in [4.69, 9.17) is 4.74 Å². The lowest BCUT2D eigenvalue weighted by Gasteiger charge is -2.13. The second-order valence-electron chi connectivity index (χ2n) is 4.07. The summed E-state index contributed by atoms with van der Waals surface area (Å²) in [5.74, 6) is 0.859. The predicted octanol–water partition coefficient (Wildman–Crippen LogP) is 0.674. The van der Waals surface area contributed by atoms with Gasteiger partial charge in [-0.2, -0.15) is 0 Å². The van der Waals surface area contributed by atoms with Gasteiger partial charge in [0.1, 0.15) is 0 Å². The Bertz CT molecular complexity index is 260. The molecule has 0 aliphatic carbocycles. The number of hydrogen-bond donors (Lipinski definition) is 2. The third kappa shape index (κ3) is 12.2. The first-order valence-corrected chi connectivity index (χ1v) is 6.33. The van der Waals surface area contributed by atoms with Crippen LogP contribution in [0.5, 0.6) is 0 Å². The summed E-state index contributed by atoms with van der Waals surface area (Å²) in [6.07, 6.45) is 1.36. The fourth-order valence-corrected chi connectivity index (χ4v) is 1.25.